The number of nitrogens with zero attached hydrogens (tertiary/aromatic N) is 4. The minimum Gasteiger partial charge on any atom is -0.497 e. The van der Waals surface area contributed by atoms with E-state index in [0.717, 1.165) is 31.8 Å². The number of hydrazone groups is 1. The molecule has 174 valence electrons. The monoisotopic (exact) mass is 453 g/mol. The van der Waals surface area contributed by atoms with Gasteiger partial charge in [-0.05, 0) is 48.4 Å². The van der Waals surface area contributed by atoms with Crippen LogP contribution in [0.1, 0.15) is 12.0 Å². The molecule has 1 unspecified atom stereocenters. The first-order valence-electron chi connectivity index (χ1n) is 11.0. The van der Waals surface area contributed by atoms with E-state index in [1.165, 1.54) is 34.8 Å². The van der Waals surface area contributed by atoms with Crippen molar-refractivity contribution in [3.05, 3.63) is 59.9 Å². The van der Waals surface area contributed by atoms with Gasteiger partial charge in [0.15, 0.2) is 0 Å². The lowest BCUT2D eigenvalue weighted by atomic mass is 10.1. The summed E-state index contributed by atoms with van der Waals surface area (Å²) < 4.78 is 18.5. The third-order valence-corrected chi connectivity index (χ3v) is 6.11. The maximum Gasteiger partial charge on any atom is 0.270 e. The number of carbonyl (C=O) groups excluding carboxylic acids is 2. The molecular weight excluding hydrogens is 425 g/mol. The second kappa shape index (κ2) is 9.99. The Hall–Kier alpha value is -3.46. The molecule has 2 heterocycles. The van der Waals surface area contributed by atoms with Crippen molar-refractivity contribution in [3.8, 4) is 5.75 Å². The summed E-state index contributed by atoms with van der Waals surface area (Å²) in [6, 6.07) is 12.9. The summed E-state index contributed by atoms with van der Waals surface area (Å²) in [6.45, 7) is 3.65. The molecule has 2 N–H and O–H groups in total. The maximum atomic E-state index is 13.3. The summed E-state index contributed by atoms with van der Waals surface area (Å²) in [5.41, 5.74) is 7.61. The molecule has 0 bridgehead atoms. The number of rotatable bonds is 7. The van der Waals surface area contributed by atoms with Gasteiger partial charge in [-0.25, -0.2) is 4.39 Å². The van der Waals surface area contributed by atoms with Crippen LogP contribution in [0.25, 0.3) is 0 Å². The van der Waals surface area contributed by atoms with Gasteiger partial charge < -0.3 is 15.4 Å². The molecule has 0 radical (unpaired) electrons. The zero-order valence-electron chi connectivity index (χ0n) is 18.6. The van der Waals surface area contributed by atoms with E-state index in [0.29, 0.717) is 24.5 Å². The highest BCUT2D eigenvalue weighted by atomic mass is 19.1. The first-order chi connectivity index (χ1) is 15.9. The van der Waals surface area contributed by atoms with Crippen molar-refractivity contribution in [1.29, 1.82) is 0 Å². The lowest BCUT2D eigenvalue weighted by Crippen LogP contribution is -2.51. The number of carbonyl (C=O) groups is 2. The number of methoxy groups -OCH3 is 1. The van der Waals surface area contributed by atoms with Gasteiger partial charge in [-0.3, -0.25) is 19.5 Å². The lowest BCUT2D eigenvalue weighted by Gasteiger charge is -2.34. The molecule has 1 saturated heterocycles. The van der Waals surface area contributed by atoms with Gasteiger partial charge in [-0.2, -0.15) is 5.10 Å². The molecule has 2 amide bonds. The van der Waals surface area contributed by atoms with Crippen molar-refractivity contribution < 1.29 is 18.7 Å². The van der Waals surface area contributed by atoms with Crippen LogP contribution in [0.3, 0.4) is 0 Å². The second-order valence-electron chi connectivity index (χ2n) is 8.22. The van der Waals surface area contributed by atoms with Crippen LogP contribution in [0.2, 0.25) is 0 Å². The van der Waals surface area contributed by atoms with Crippen LogP contribution in [0.15, 0.2) is 53.6 Å². The number of nitrogens with two attached hydrogens (primary N) is 1. The van der Waals surface area contributed by atoms with Crippen LogP contribution in [-0.2, 0) is 16.0 Å². The fourth-order valence-corrected chi connectivity index (χ4v) is 4.13. The summed E-state index contributed by atoms with van der Waals surface area (Å²) in [7, 11) is 1.65. The lowest BCUT2D eigenvalue weighted by molar-refractivity contribution is -0.125. The van der Waals surface area contributed by atoms with Crippen molar-refractivity contribution >= 4 is 23.2 Å². The number of ether oxygens (including phenoxy) is 1. The number of amides is 2. The minimum absolute atomic E-state index is 0.142. The Kier molecular flexibility index (Phi) is 6.88. The Labute approximate surface area is 192 Å². The van der Waals surface area contributed by atoms with Gasteiger partial charge in [-0.15, -0.1) is 0 Å². The molecule has 2 aliphatic heterocycles. The number of primary amides is 1. The van der Waals surface area contributed by atoms with Crippen LogP contribution in [-0.4, -0.2) is 73.2 Å². The van der Waals surface area contributed by atoms with E-state index in [9.17, 15) is 14.0 Å². The van der Waals surface area contributed by atoms with Crippen molar-refractivity contribution in [2.45, 2.75) is 18.9 Å². The highest BCUT2D eigenvalue weighted by molar-refractivity contribution is 6.40. The van der Waals surface area contributed by atoms with E-state index in [2.05, 4.69) is 22.1 Å². The minimum atomic E-state index is -0.764. The molecule has 1 atom stereocenters. The van der Waals surface area contributed by atoms with E-state index < -0.39 is 17.8 Å². The van der Waals surface area contributed by atoms with Crippen LogP contribution >= 0.6 is 0 Å². The highest BCUT2D eigenvalue weighted by Crippen LogP contribution is 2.25. The molecule has 8 nitrogen and oxygen atoms in total. The SMILES string of the molecule is COc1ccc(CCN2CCN(C(=O)C3=NN(c4ccc(F)cc4)C(C(N)=O)C3)CC2)cc1. The van der Waals surface area contributed by atoms with E-state index >= 15 is 0 Å². The van der Waals surface area contributed by atoms with E-state index in [4.69, 9.17) is 10.5 Å². The Morgan fingerprint density at radius 3 is 2.33 bits per heavy atom. The summed E-state index contributed by atoms with van der Waals surface area (Å²) in [5.74, 6) is -0.300. The van der Waals surface area contributed by atoms with Crippen LogP contribution in [0, 0.1) is 5.82 Å². The third-order valence-electron chi connectivity index (χ3n) is 6.11. The predicted octanol–water partition coefficient (Wildman–Crippen LogP) is 1.64. The van der Waals surface area contributed by atoms with E-state index in [1.54, 1.807) is 12.0 Å². The quantitative estimate of drug-likeness (QED) is 0.688. The van der Waals surface area contributed by atoms with Crippen LogP contribution in [0.5, 0.6) is 5.75 Å². The van der Waals surface area contributed by atoms with Gasteiger partial charge in [0.1, 0.15) is 23.3 Å². The summed E-state index contributed by atoms with van der Waals surface area (Å²) in [5, 5.41) is 5.80. The van der Waals surface area contributed by atoms with Gasteiger partial charge in [0, 0.05) is 39.1 Å². The van der Waals surface area contributed by atoms with E-state index in [1.807, 2.05) is 12.1 Å². The Morgan fingerprint density at radius 1 is 1.06 bits per heavy atom. The average Bonchev–Trinajstić information content (AvgIpc) is 3.29. The Bertz CT molecular complexity index is 1020. The largest absolute Gasteiger partial charge is 0.497 e. The zero-order chi connectivity index (χ0) is 23.4. The average molecular weight is 454 g/mol. The molecule has 2 aromatic rings. The van der Waals surface area contributed by atoms with E-state index in [-0.39, 0.29) is 12.3 Å². The first-order valence-corrected chi connectivity index (χ1v) is 11.0. The van der Waals surface area contributed by atoms with Gasteiger partial charge >= 0.3 is 0 Å². The van der Waals surface area contributed by atoms with Crippen molar-refractivity contribution in [1.82, 2.24) is 9.80 Å². The third kappa shape index (κ3) is 5.31. The summed E-state index contributed by atoms with van der Waals surface area (Å²) in [4.78, 5) is 29.1. The van der Waals surface area contributed by atoms with Crippen LogP contribution in [0.4, 0.5) is 10.1 Å². The predicted molar refractivity (Wildman–Crippen MR) is 124 cm³/mol. The topological polar surface area (TPSA) is 91.5 Å². The molecule has 9 heteroatoms. The maximum absolute atomic E-state index is 13.3. The number of hydrogen-bond acceptors (Lipinski definition) is 6. The number of hydrogen-bond donors (Lipinski definition) is 1. The van der Waals surface area contributed by atoms with Gasteiger partial charge in [0.25, 0.3) is 5.91 Å². The number of piperazine rings is 1. The molecule has 0 spiro atoms. The Balaban J connectivity index is 1.33. The highest BCUT2D eigenvalue weighted by Gasteiger charge is 2.37. The molecular formula is C24H28FN5O3. The van der Waals surface area contributed by atoms with Crippen molar-refractivity contribution in [2.75, 3.05) is 44.8 Å². The second-order valence-corrected chi connectivity index (χ2v) is 8.22. The molecule has 0 aromatic heterocycles. The molecule has 2 aliphatic rings. The zero-order valence-corrected chi connectivity index (χ0v) is 18.6. The molecule has 2 aromatic carbocycles. The molecule has 1 fully saturated rings. The first kappa shape index (κ1) is 22.7. The Morgan fingerprint density at radius 2 is 1.73 bits per heavy atom. The van der Waals surface area contributed by atoms with Crippen molar-refractivity contribution in [2.24, 2.45) is 10.8 Å². The number of benzene rings is 2. The van der Waals surface area contributed by atoms with Gasteiger partial charge in [-0.1, -0.05) is 12.1 Å². The molecule has 33 heavy (non-hydrogen) atoms. The summed E-state index contributed by atoms with van der Waals surface area (Å²) in [6.07, 6.45) is 1.07. The van der Waals surface area contributed by atoms with Gasteiger partial charge in [0.2, 0.25) is 5.91 Å². The van der Waals surface area contributed by atoms with Crippen molar-refractivity contribution in [3.63, 3.8) is 0 Å². The number of halogens is 1. The van der Waals surface area contributed by atoms with Crippen LogP contribution < -0.4 is 15.5 Å². The number of anilines is 1. The smallest absolute Gasteiger partial charge is 0.270 e. The fourth-order valence-electron chi connectivity index (χ4n) is 4.13. The van der Waals surface area contributed by atoms with Gasteiger partial charge in [0.05, 0.1) is 12.8 Å². The fraction of sp³-hybridized carbons (Fsp3) is 0.375. The standard InChI is InChI=1S/C24H28FN5O3/c1-33-20-8-2-17(3-9-20)10-11-28-12-14-29(15-13-28)24(32)21-16-22(23(26)31)30(27-21)19-6-4-18(25)5-7-19/h2-9,22H,10-16H2,1H3,(H2,26,31). The molecule has 0 aliphatic carbocycles. The summed E-state index contributed by atoms with van der Waals surface area (Å²) >= 11 is 0. The normalized spacial score (nSPS) is 18.8. The molecule has 0 saturated carbocycles. The molecule has 4 rings (SSSR count).